The lowest BCUT2D eigenvalue weighted by Crippen LogP contribution is -2.20. The van der Waals surface area contributed by atoms with Gasteiger partial charge in [-0.3, -0.25) is 54.8 Å². The molecule has 0 saturated heterocycles. The molecule has 0 aliphatic rings. The lowest BCUT2D eigenvalue weighted by atomic mass is 10.2. The Morgan fingerprint density at radius 3 is 0.792 bits per heavy atom. The number of nitrogen functional groups attached to an aromatic ring is 1. The van der Waals surface area contributed by atoms with Gasteiger partial charge in [0.1, 0.15) is 23.9 Å². The second-order valence-electron chi connectivity index (χ2n) is 21.4. The van der Waals surface area contributed by atoms with Crippen LogP contribution in [0.2, 0.25) is 0 Å². The Kier molecular flexibility index (Phi) is 39.4. The van der Waals surface area contributed by atoms with Crippen molar-refractivity contribution in [1.29, 1.82) is 0 Å². The monoisotopic (exact) mass is 1750 g/mol. The molecule has 0 saturated carbocycles. The van der Waals surface area contributed by atoms with Crippen molar-refractivity contribution in [2.24, 2.45) is 0 Å². The fourth-order valence-electron chi connectivity index (χ4n) is 7.32. The minimum absolute atomic E-state index is 0.00192. The van der Waals surface area contributed by atoms with Crippen molar-refractivity contribution in [3.8, 4) is 17.2 Å². The Balaban J connectivity index is 0.000000636. The van der Waals surface area contributed by atoms with Crippen LogP contribution in [-0.4, -0.2) is 199 Å². The maximum absolute atomic E-state index is 11.0. The number of aromatic hydroxyl groups is 2. The first kappa shape index (κ1) is 99.3. The number of nitrogens with two attached hydrogens (primary N) is 1. The van der Waals surface area contributed by atoms with Crippen LogP contribution in [0.5, 0.6) is 17.2 Å². The highest BCUT2D eigenvalue weighted by molar-refractivity contribution is 7.73. The SMILES string of the molecule is Cc1ccc(NCC(P(=O)(O)O)P(=O)(O)O)cc1.Nc1ccc(NCC(P(=O)(O)O)P(=O)(O)O)cc1.O=P(O)(O)C(CNc1ccc(O)cc1)P(=O)(O)O.O=P(O)(O)C(CNc1cccc(O)c1)P(=O)(O)O.O=P(O)(O)C(CNc1ccccc1)P(=O)(O)O.O=P(O)(O)C(COc1ccccc1)P(=O)(O)O. The standard InChI is InChI=1S/C9H15NO6P2.C8H14N2O6P2.2C8H13NO7P2.C8H13NO6P2.C8H12O7P2/c1-7-2-4-8(5-3-7)10-6-9(17(11,12)13)18(14,15)16;9-6-1-3-7(4-2-6)10-5-8(17(11,12)13)18(14,15)16;10-7-3-1-6(2-4-7)9-5-8(17(11,12)13)18(14,15)16;10-7-3-1-2-6(4-7)9-5-8(17(11,12)13)18(14,15)16;10-16(11,12)8(17(13,14)15)6-9-7-4-2-1-3-5-7;9-16(10,11)8(17(12,13)14)6-15-7-4-2-1-3-5-7/h2-5,9-10H,6H2,1H3,(H2,11,12,13)(H2,14,15,16);1-4,8,10H,5,9H2,(H2,11,12,13)(H2,14,15,16);2*1-4,8-10H,5H2,(H2,11,12,13)(H2,14,15,16);1-5,8-9H,6H2,(H2,10,11,12)(H2,13,14,15);1-5,8H,6H2,(H2,9,10,11)(H2,12,13,14). The summed E-state index contributed by atoms with van der Waals surface area (Å²) in [6, 6.07) is 40.4. The maximum atomic E-state index is 11.0. The van der Waals surface area contributed by atoms with Gasteiger partial charge in [0.25, 0.3) is 0 Å². The van der Waals surface area contributed by atoms with Crippen molar-refractivity contribution in [3.05, 3.63) is 163 Å². The third-order valence-corrected chi connectivity index (χ3v) is 35.0. The van der Waals surface area contributed by atoms with E-state index < -0.39 is 163 Å². The van der Waals surface area contributed by atoms with E-state index in [-0.39, 0.29) is 17.2 Å². The van der Waals surface area contributed by atoms with Gasteiger partial charge in [0.2, 0.25) is 0 Å². The summed E-state index contributed by atoms with van der Waals surface area (Å²) in [6.07, 6.45) is 0. The van der Waals surface area contributed by atoms with Crippen LogP contribution in [0.1, 0.15) is 5.56 Å². The molecule has 0 heterocycles. The molecule has 0 bridgehead atoms. The summed E-state index contributed by atoms with van der Waals surface area (Å²) in [5.74, 6) is 0.199. The van der Waals surface area contributed by atoms with Gasteiger partial charge in [-0.15, -0.1) is 0 Å². The third kappa shape index (κ3) is 40.8. The van der Waals surface area contributed by atoms with Gasteiger partial charge in [-0.25, -0.2) is 0 Å². The summed E-state index contributed by atoms with van der Waals surface area (Å²) < 4.78 is 137. The highest BCUT2D eigenvalue weighted by atomic mass is 31.3. The molecule has 57 heteroatoms. The van der Waals surface area contributed by atoms with Crippen LogP contribution in [0.3, 0.4) is 0 Å². The number of hydrogen-bond acceptors (Lipinski definition) is 21. The number of ether oxygens (including phenoxy) is 1. The quantitative estimate of drug-likeness (QED) is 0.0172. The van der Waals surface area contributed by atoms with Crippen molar-refractivity contribution < 1.29 is 187 Å². The molecule has 106 heavy (non-hydrogen) atoms. The van der Waals surface area contributed by atoms with Crippen LogP contribution < -0.4 is 37.1 Å². The average Bonchev–Trinajstić information content (AvgIpc) is 0.860. The molecule has 0 aliphatic carbocycles. The summed E-state index contributed by atoms with van der Waals surface area (Å²) in [5, 5.41) is 18.3. The molecule has 6 aromatic rings. The largest absolute Gasteiger partial charge is 0.508 e. The van der Waals surface area contributed by atoms with Crippen molar-refractivity contribution >= 4 is 125 Å². The molecule has 0 atom stereocenters. The zero-order valence-corrected chi connectivity index (χ0v) is 64.8. The van der Waals surface area contributed by atoms with E-state index in [1.54, 1.807) is 84.9 Å². The molecule has 0 amide bonds. The first-order valence-electron chi connectivity index (χ1n) is 28.4. The topological polar surface area (TPSA) is 826 Å². The predicted molar refractivity (Wildman–Crippen MR) is 386 cm³/mol. The van der Waals surface area contributed by atoms with E-state index in [0.29, 0.717) is 34.1 Å². The van der Waals surface area contributed by atoms with Crippen LogP contribution in [-0.2, 0) is 54.8 Å². The van der Waals surface area contributed by atoms with Gasteiger partial charge < -0.3 is 165 Å². The minimum atomic E-state index is -4.93. The number of aryl methyl sites for hydroxylation is 1. The number of anilines is 6. The van der Waals surface area contributed by atoms with Crippen LogP contribution in [0.15, 0.2) is 158 Å². The fraction of sp³-hybridized carbons (Fsp3) is 0.265. The summed E-state index contributed by atoms with van der Waals surface area (Å²) in [6.45, 7) is -1.62. The molecule has 0 fully saturated rings. The normalized spacial score (nSPS) is 12.7. The van der Waals surface area contributed by atoms with Crippen LogP contribution in [0.4, 0.5) is 34.1 Å². The zero-order valence-electron chi connectivity index (χ0n) is 54.1. The highest BCUT2D eigenvalue weighted by Crippen LogP contribution is 2.64. The average molecular weight is 1750 g/mol. The van der Waals surface area contributed by atoms with E-state index in [4.69, 9.17) is 138 Å². The molecule has 0 aromatic heterocycles. The number of para-hydroxylation sites is 2. The maximum Gasteiger partial charge on any atom is 0.344 e. The van der Waals surface area contributed by atoms with E-state index in [1.807, 2.05) is 6.92 Å². The van der Waals surface area contributed by atoms with Gasteiger partial charge in [0.05, 0.1) is 0 Å². The van der Waals surface area contributed by atoms with Crippen LogP contribution in [0, 0.1) is 6.92 Å². The minimum Gasteiger partial charge on any atom is -0.508 e. The molecule has 0 unspecified atom stereocenters. The van der Waals surface area contributed by atoms with E-state index in [9.17, 15) is 54.8 Å². The molecular formula is C49H80N6O39P12. The van der Waals surface area contributed by atoms with Crippen molar-refractivity contribution in [2.45, 2.75) is 39.3 Å². The fourth-order valence-corrected chi connectivity index (χ4v) is 20.5. The lowest BCUT2D eigenvalue weighted by molar-refractivity contribution is 0.280. The smallest absolute Gasteiger partial charge is 0.344 e. The molecule has 0 aliphatic heterocycles. The Morgan fingerprint density at radius 1 is 0.283 bits per heavy atom. The third-order valence-electron chi connectivity index (χ3n) is 12.7. The second kappa shape index (κ2) is 42.1. The molecular weight excluding hydrogens is 1670 g/mol. The number of rotatable bonds is 30. The summed E-state index contributed by atoms with van der Waals surface area (Å²) in [7, 11) is -58.8. The van der Waals surface area contributed by atoms with E-state index in [2.05, 4.69) is 26.6 Å². The molecule has 0 spiro atoms. The van der Waals surface area contributed by atoms with Crippen LogP contribution >= 0.6 is 91.1 Å². The van der Waals surface area contributed by atoms with E-state index in [0.717, 1.165) is 5.56 Å². The molecule has 33 N–H and O–H groups in total. The predicted octanol–water partition coefficient (Wildman–Crippen LogP) is 3.95. The number of nitrogens with one attached hydrogen (secondary N) is 5. The summed E-state index contributed by atoms with van der Waals surface area (Å²) in [4.78, 5) is 213. The van der Waals surface area contributed by atoms with Gasteiger partial charge in [0.15, 0.2) is 32.4 Å². The van der Waals surface area contributed by atoms with Crippen molar-refractivity contribution in [1.82, 2.24) is 0 Å². The van der Waals surface area contributed by atoms with Crippen molar-refractivity contribution in [2.75, 3.05) is 71.6 Å². The van der Waals surface area contributed by atoms with Gasteiger partial charge in [-0.1, -0.05) is 60.2 Å². The number of benzene rings is 6. The first-order valence-corrected chi connectivity index (χ1v) is 48.6. The number of phenolic OH excluding ortho intramolecular Hbond substituents is 2. The zero-order chi connectivity index (χ0) is 82.1. The second-order valence-corrected chi connectivity index (χ2v) is 45.5. The van der Waals surface area contributed by atoms with Gasteiger partial charge in [-0.2, -0.15) is 0 Å². The van der Waals surface area contributed by atoms with E-state index in [1.165, 1.54) is 72.8 Å². The Morgan fingerprint density at radius 2 is 0.519 bits per heavy atom. The van der Waals surface area contributed by atoms with Crippen LogP contribution in [0.25, 0.3) is 0 Å². The van der Waals surface area contributed by atoms with Gasteiger partial charge in [-0.05, 0) is 104 Å². The molecule has 0 radical (unpaired) electrons. The summed E-state index contributed by atoms with van der Waals surface area (Å²) in [5.41, 5.74) is 9.13. The molecule has 6 aromatic carbocycles. The first-order chi connectivity index (χ1) is 47.8. The van der Waals surface area contributed by atoms with E-state index >= 15 is 0 Å². The number of hydrogen-bond donors (Lipinski definition) is 32. The Bertz CT molecular complexity index is 3860. The molecule has 6 rings (SSSR count). The lowest BCUT2D eigenvalue weighted by Gasteiger charge is -2.20. The summed E-state index contributed by atoms with van der Waals surface area (Å²) >= 11 is 0. The Hall–Kier alpha value is -4.68. The molecule has 600 valence electrons. The highest BCUT2D eigenvalue weighted by Gasteiger charge is 2.48. The number of phenols is 2. The van der Waals surface area contributed by atoms with Gasteiger partial charge >= 0.3 is 91.1 Å². The van der Waals surface area contributed by atoms with Crippen molar-refractivity contribution in [3.63, 3.8) is 0 Å². The molecule has 45 nitrogen and oxygen atoms in total. The van der Waals surface area contributed by atoms with Gasteiger partial charge in [0, 0.05) is 72.9 Å². The Labute approximate surface area is 601 Å².